The van der Waals surface area contributed by atoms with Crippen molar-refractivity contribution in [1.82, 2.24) is 0 Å². The summed E-state index contributed by atoms with van der Waals surface area (Å²) in [5, 5.41) is 3.37. The second kappa shape index (κ2) is 4.55. The van der Waals surface area contributed by atoms with Gasteiger partial charge >= 0.3 is 0 Å². The molecule has 1 N–H and O–H groups in total. The maximum absolute atomic E-state index is 12.5. The van der Waals surface area contributed by atoms with Gasteiger partial charge < -0.3 is 10.2 Å². The lowest BCUT2D eigenvalue weighted by Gasteiger charge is -2.42. The van der Waals surface area contributed by atoms with Crippen LogP contribution >= 0.6 is 0 Å². The predicted molar refractivity (Wildman–Crippen MR) is 80.9 cm³/mol. The van der Waals surface area contributed by atoms with Crippen LogP contribution in [0.2, 0.25) is 0 Å². The zero-order chi connectivity index (χ0) is 14.4. The molecule has 1 aromatic rings. The summed E-state index contributed by atoms with van der Waals surface area (Å²) in [5.41, 5.74) is 2.79. The third kappa shape index (κ3) is 2.34. The van der Waals surface area contributed by atoms with E-state index in [1.807, 2.05) is 18.7 Å². The summed E-state index contributed by atoms with van der Waals surface area (Å²) in [5.74, 6) is 0.618. The summed E-state index contributed by atoms with van der Waals surface area (Å²) < 4.78 is 0. The first-order valence-corrected chi connectivity index (χ1v) is 7.00. The smallest absolute Gasteiger partial charge is 0.252 e. The van der Waals surface area contributed by atoms with E-state index in [0.29, 0.717) is 5.92 Å². The van der Waals surface area contributed by atoms with Crippen molar-refractivity contribution in [2.24, 2.45) is 0 Å². The van der Waals surface area contributed by atoms with Crippen LogP contribution in [0.25, 0.3) is 0 Å². The van der Waals surface area contributed by atoms with Crippen molar-refractivity contribution in [1.29, 1.82) is 0 Å². The third-order valence-electron chi connectivity index (χ3n) is 3.66. The molecule has 1 aromatic carbocycles. The van der Waals surface area contributed by atoms with Gasteiger partial charge in [0.25, 0.3) is 5.91 Å². The molecule has 0 bridgehead atoms. The molecule has 1 amide bonds. The van der Waals surface area contributed by atoms with E-state index in [9.17, 15) is 4.79 Å². The largest absolute Gasteiger partial charge is 0.370 e. The quantitative estimate of drug-likeness (QED) is 0.878. The minimum Gasteiger partial charge on any atom is -0.370 e. The molecule has 0 spiro atoms. The molecule has 2 rings (SSSR count). The van der Waals surface area contributed by atoms with Gasteiger partial charge in [-0.2, -0.15) is 0 Å². The molecular weight excluding hydrogens is 236 g/mol. The van der Waals surface area contributed by atoms with E-state index in [4.69, 9.17) is 0 Å². The van der Waals surface area contributed by atoms with Crippen LogP contribution in [0, 0.1) is 0 Å². The number of fused-ring (bicyclic) bond motifs is 1. The molecule has 0 unspecified atom stereocenters. The highest BCUT2D eigenvalue weighted by atomic mass is 16.2. The second-order valence-electron chi connectivity index (χ2n) is 6.45. The van der Waals surface area contributed by atoms with Crippen molar-refractivity contribution in [2.45, 2.75) is 59.0 Å². The Hall–Kier alpha value is -1.51. The van der Waals surface area contributed by atoms with Crippen LogP contribution in [0.5, 0.6) is 0 Å². The zero-order valence-electron chi connectivity index (χ0n) is 12.7. The first-order chi connectivity index (χ1) is 8.74. The van der Waals surface area contributed by atoms with Gasteiger partial charge in [0.05, 0.1) is 11.4 Å². The zero-order valence-corrected chi connectivity index (χ0v) is 12.7. The van der Waals surface area contributed by atoms with Gasteiger partial charge in [-0.05, 0) is 51.3 Å². The van der Waals surface area contributed by atoms with Crippen LogP contribution in [0.1, 0.15) is 53.0 Å². The Morgan fingerprint density at radius 1 is 1.16 bits per heavy atom. The molecule has 0 radical (unpaired) electrons. The average Bonchev–Trinajstić information content (AvgIpc) is 2.28. The van der Waals surface area contributed by atoms with Gasteiger partial charge in [0.15, 0.2) is 0 Å². The summed E-state index contributed by atoms with van der Waals surface area (Å²) in [4.78, 5) is 14.4. The maximum Gasteiger partial charge on any atom is 0.252 e. The van der Waals surface area contributed by atoms with Crippen LogP contribution in [0.3, 0.4) is 0 Å². The average molecular weight is 260 g/mol. The molecule has 104 valence electrons. The lowest BCUT2D eigenvalue weighted by atomic mass is 9.94. The van der Waals surface area contributed by atoms with E-state index in [1.165, 1.54) is 5.56 Å². The Bertz CT molecular complexity index is 503. The normalized spacial score (nSPS) is 17.7. The molecule has 0 saturated heterocycles. The van der Waals surface area contributed by atoms with Gasteiger partial charge in [0.1, 0.15) is 5.54 Å². The van der Waals surface area contributed by atoms with Crippen LogP contribution in [-0.2, 0) is 4.79 Å². The number of hydrogen-bond acceptors (Lipinski definition) is 2. The summed E-state index contributed by atoms with van der Waals surface area (Å²) in [6, 6.07) is 6.51. The van der Waals surface area contributed by atoms with Crippen molar-refractivity contribution in [3.05, 3.63) is 23.8 Å². The van der Waals surface area contributed by atoms with Crippen LogP contribution < -0.4 is 10.2 Å². The van der Waals surface area contributed by atoms with Gasteiger partial charge in [-0.15, -0.1) is 0 Å². The number of amides is 1. The lowest BCUT2D eigenvalue weighted by Crippen LogP contribution is -2.56. The number of nitrogens with zero attached hydrogens (tertiary/aromatic N) is 1. The van der Waals surface area contributed by atoms with Crippen molar-refractivity contribution in [3.63, 3.8) is 0 Å². The van der Waals surface area contributed by atoms with E-state index >= 15 is 0 Å². The third-order valence-corrected chi connectivity index (χ3v) is 3.66. The van der Waals surface area contributed by atoms with Crippen LogP contribution in [0.15, 0.2) is 18.2 Å². The van der Waals surface area contributed by atoms with Gasteiger partial charge in [-0.3, -0.25) is 4.79 Å². The number of hydrogen-bond donors (Lipinski definition) is 1. The van der Waals surface area contributed by atoms with Gasteiger partial charge in [0, 0.05) is 6.04 Å². The number of nitrogens with one attached hydrogen (secondary N) is 1. The predicted octanol–water partition coefficient (Wildman–Crippen LogP) is 3.76. The highest BCUT2D eigenvalue weighted by Gasteiger charge is 2.39. The Balaban J connectivity index is 2.55. The van der Waals surface area contributed by atoms with Gasteiger partial charge in [-0.1, -0.05) is 19.9 Å². The van der Waals surface area contributed by atoms with Crippen molar-refractivity contribution in [2.75, 3.05) is 10.2 Å². The highest BCUT2D eigenvalue weighted by Crippen LogP contribution is 2.38. The van der Waals surface area contributed by atoms with Crippen molar-refractivity contribution < 1.29 is 4.79 Å². The first kappa shape index (κ1) is 13.9. The van der Waals surface area contributed by atoms with E-state index in [0.717, 1.165) is 11.4 Å². The molecule has 1 aliphatic rings. The minimum absolute atomic E-state index is 0.132. The fraction of sp³-hybridized carbons (Fsp3) is 0.562. The fourth-order valence-electron chi connectivity index (χ4n) is 2.54. The van der Waals surface area contributed by atoms with E-state index in [1.54, 1.807) is 0 Å². The second-order valence-corrected chi connectivity index (χ2v) is 6.45. The lowest BCUT2D eigenvalue weighted by molar-refractivity contribution is -0.122. The molecule has 0 atom stereocenters. The molecule has 0 aliphatic carbocycles. The topological polar surface area (TPSA) is 32.3 Å². The molecule has 3 heteroatoms. The van der Waals surface area contributed by atoms with Crippen LogP contribution in [0.4, 0.5) is 11.4 Å². The van der Waals surface area contributed by atoms with Crippen molar-refractivity contribution >= 4 is 17.3 Å². The Morgan fingerprint density at radius 3 is 2.32 bits per heavy atom. The maximum atomic E-state index is 12.5. The fourth-order valence-corrected chi connectivity index (χ4v) is 2.54. The Kier molecular flexibility index (Phi) is 3.33. The Labute approximate surface area is 116 Å². The molecular formula is C16H24N2O. The molecule has 1 aliphatic heterocycles. The molecule has 3 nitrogen and oxygen atoms in total. The SMILES string of the molecule is CC(C)c1ccc2c(c1)NC(C)(C)C(=O)N2C(C)C. The number of carbonyl (C=O) groups excluding carboxylic acids is 1. The first-order valence-electron chi connectivity index (χ1n) is 7.00. The summed E-state index contributed by atoms with van der Waals surface area (Å²) in [7, 11) is 0. The number of anilines is 2. The molecule has 0 aromatic heterocycles. The molecule has 0 fully saturated rings. The molecule has 1 heterocycles. The molecule has 0 saturated carbocycles. The van der Waals surface area contributed by atoms with E-state index in [2.05, 4.69) is 51.2 Å². The van der Waals surface area contributed by atoms with Crippen molar-refractivity contribution in [3.8, 4) is 0 Å². The number of rotatable bonds is 2. The van der Waals surface area contributed by atoms with Gasteiger partial charge in [-0.25, -0.2) is 0 Å². The number of benzene rings is 1. The Morgan fingerprint density at radius 2 is 1.79 bits per heavy atom. The summed E-state index contributed by atoms with van der Waals surface area (Å²) in [6.45, 7) is 12.4. The van der Waals surface area contributed by atoms with E-state index < -0.39 is 5.54 Å². The van der Waals surface area contributed by atoms with E-state index in [-0.39, 0.29) is 11.9 Å². The minimum atomic E-state index is -0.549. The number of carbonyl (C=O) groups is 1. The summed E-state index contributed by atoms with van der Waals surface area (Å²) in [6.07, 6.45) is 0. The monoisotopic (exact) mass is 260 g/mol. The highest BCUT2D eigenvalue weighted by molar-refractivity contribution is 6.07. The standard InChI is InChI=1S/C16H24N2O/c1-10(2)12-7-8-14-13(9-12)17-16(5,6)15(19)18(14)11(3)4/h7-11,17H,1-6H3. The van der Waals surface area contributed by atoms with Crippen LogP contribution in [-0.4, -0.2) is 17.5 Å². The van der Waals surface area contributed by atoms with Gasteiger partial charge in [0.2, 0.25) is 0 Å². The molecule has 19 heavy (non-hydrogen) atoms. The summed E-state index contributed by atoms with van der Waals surface area (Å²) >= 11 is 0.